The molecule has 1 fully saturated rings. The molecular weight excluding hydrogens is 438 g/mol. The number of amides is 3. The lowest BCUT2D eigenvalue weighted by atomic mass is 10.1. The van der Waals surface area contributed by atoms with E-state index < -0.39 is 16.9 Å². The number of urea groups is 1. The van der Waals surface area contributed by atoms with Crippen molar-refractivity contribution in [3.05, 3.63) is 81.0 Å². The zero-order chi connectivity index (χ0) is 23.3. The highest BCUT2D eigenvalue weighted by Gasteiger charge is 2.32. The summed E-state index contributed by atoms with van der Waals surface area (Å²) in [6.07, 6.45) is 2.94. The minimum absolute atomic E-state index is 0.0347. The zero-order valence-electron chi connectivity index (χ0n) is 17.2. The Morgan fingerprint density at radius 3 is 2.72 bits per heavy atom. The Hall–Kier alpha value is -3.85. The number of hydrogen-bond donors (Lipinski definition) is 1. The van der Waals surface area contributed by atoms with Gasteiger partial charge < -0.3 is 14.8 Å². The number of nitro benzene ring substituents is 1. The highest BCUT2D eigenvalue weighted by atomic mass is 35.5. The molecule has 166 valence electrons. The van der Waals surface area contributed by atoms with Gasteiger partial charge in [-0.1, -0.05) is 29.8 Å². The third-order valence-electron chi connectivity index (χ3n) is 4.42. The van der Waals surface area contributed by atoms with Gasteiger partial charge in [-0.2, -0.15) is 0 Å². The summed E-state index contributed by atoms with van der Waals surface area (Å²) in [4.78, 5) is 35.8. The second-order valence-corrected chi connectivity index (χ2v) is 7.08. The number of nitro groups is 1. The van der Waals surface area contributed by atoms with Gasteiger partial charge in [0, 0.05) is 18.7 Å². The van der Waals surface area contributed by atoms with Gasteiger partial charge in [0.15, 0.2) is 11.5 Å². The second kappa shape index (κ2) is 9.97. The van der Waals surface area contributed by atoms with E-state index in [1.807, 2.05) is 0 Å². The Morgan fingerprint density at radius 2 is 2.03 bits per heavy atom. The van der Waals surface area contributed by atoms with Crippen molar-refractivity contribution in [1.82, 2.24) is 10.2 Å². The number of rotatable bonds is 9. The van der Waals surface area contributed by atoms with E-state index in [-0.39, 0.29) is 35.3 Å². The Balaban J connectivity index is 1.86. The fraction of sp³-hybridized carbons (Fsp3) is 0.182. The van der Waals surface area contributed by atoms with Gasteiger partial charge in [0.2, 0.25) is 0 Å². The molecule has 10 heteroatoms. The van der Waals surface area contributed by atoms with Crippen molar-refractivity contribution in [3.8, 4) is 11.5 Å². The molecule has 1 heterocycles. The third-order valence-corrected chi connectivity index (χ3v) is 4.70. The highest BCUT2D eigenvalue weighted by molar-refractivity contribution is 6.32. The van der Waals surface area contributed by atoms with E-state index in [9.17, 15) is 19.7 Å². The molecule has 0 radical (unpaired) electrons. The Bertz CT molecular complexity index is 1110. The maximum absolute atomic E-state index is 12.4. The van der Waals surface area contributed by atoms with Crippen LogP contribution in [0.2, 0.25) is 5.02 Å². The number of carbonyl (C=O) groups is 2. The van der Waals surface area contributed by atoms with Gasteiger partial charge in [-0.15, -0.1) is 6.58 Å². The Labute approximate surface area is 189 Å². The van der Waals surface area contributed by atoms with E-state index in [0.717, 1.165) is 4.90 Å². The molecule has 1 aliphatic heterocycles. The predicted octanol–water partition coefficient (Wildman–Crippen LogP) is 4.30. The fourth-order valence-corrected chi connectivity index (χ4v) is 3.30. The summed E-state index contributed by atoms with van der Waals surface area (Å²) in [7, 11) is 0. The van der Waals surface area contributed by atoms with Gasteiger partial charge in [-0.25, -0.2) is 4.79 Å². The summed E-state index contributed by atoms with van der Waals surface area (Å²) < 4.78 is 11.4. The van der Waals surface area contributed by atoms with E-state index in [2.05, 4.69) is 11.9 Å². The lowest BCUT2D eigenvalue weighted by molar-refractivity contribution is -0.384. The van der Waals surface area contributed by atoms with Crippen LogP contribution in [0.25, 0.3) is 6.08 Å². The molecule has 2 aromatic rings. The number of halogens is 1. The minimum atomic E-state index is -0.533. The van der Waals surface area contributed by atoms with E-state index in [4.69, 9.17) is 21.1 Å². The predicted molar refractivity (Wildman–Crippen MR) is 118 cm³/mol. The molecule has 3 amide bonds. The number of benzene rings is 2. The molecule has 2 aromatic carbocycles. The van der Waals surface area contributed by atoms with Crippen molar-refractivity contribution < 1.29 is 24.0 Å². The molecule has 0 aromatic heterocycles. The van der Waals surface area contributed by atoms with Crippen molar-refractivity contribution in [2.45, 2.75) is 13.5 Å². The number of nitrogens with zero attached hydrogens (tertiary/aromatic N) is 2. The largest absolute Gasteiger partial charge is 0.490 e. The number of hydrogen-bond acceptors (Lipinski definition) is 6. The van der Waals surface area contributed by atoms with Crippen molar-refractivity contribution >= 4 is 35.3 Å². The average molecular weight is 458 g/mol. The zero-order valence-corrected chi connectivity index (χ0v) is 17.9. The molecular formula is C22H20ClN3O6. The second-order valence-electron chi connectivity index (χ2n) is 6.67. The fourth-order valence-electron chi connectivity index (χ4n) is 3.02. The Kier molecular flexibility index (Phi) is 7.11. The Morgan fingerprint density at radius 1 is 1.25 bits per heavy atom. The first-order chi connectivity index (χ1) is 15.3. The average Bonchev–Trinajstić information content (AvgIpc) is 3.01. The minimum Gasteiger partial charge on any atom is -0.490 e. The van der Waals surface area contributed by atoms with Crippen LogP contribution in [0.5, 0.6) is 11.5 Å². The highest BCUT2D eigenvalue weighted by Crippen LogP contribution is 2.38. The third kappa shape index (κ3) is 5.06. The van der Waals surface area contributed by atoms with Crippen LogP contribution in [0.3, 0.4) is 0 Å². The van der Waals surface area contributed by atoms with Gasteiger partial charge in [0.05, 0.1) is 16.6 Å². The normalized spacial score (nSPS) is 14.4. The number of non-ortho nitro benzene ring substituents is 1. The molecule has 9 nitrogen and oxygen atoms in total. The first kappa shape index (κ1) is 22.8. The number of imide groups is 1. The quantitative estimate of drug-likeness (QED) is 0.197. The summed E-state index contributed by atoms with van der Waals surface area (Å²) >= 11 is 6.41. The monoisotopic (exact) mass is 457 g/mol. The van der Waals surface area contributed by atoms with E-state index in [1.165, 1.54) is 24.3 Å². The van der Waals surface area contributed by atoms with Gasteiger partial charge in [-0.05, 0) is 36.3 Å². The van der Waals surface area contributed by atoms with Gasteiger partial charge in [0.25, 0.3) is 11.6 Å². The van der Waals surface area contributed by atoms with E-state index in [0.29, 0.717) is 23.5 Å². The summed E-state index contributed by atoms with van der Waals surface area (Å²) in [5, 5.41) is 13.7. The molecule has 1 saturated heterocycles. The van der Waals surface area contributed by atoms with Crippen molar-refractivity contribution in [1.29, 1.82) is 0 Å². The molecule has 0 unspecified atom stereocenters. The van der Waals surface area contributed by atoms with Gasteiger partial charge in [0.1, 0.15) is 12.3 Å². The van der Waals surface area contributed by atoms with Crippen LogP contribution >= 0.6 is 11.6 Å². The van der Waals surface area contributed by atoms with Crippen molar-refractivity contribution in [3.63, 3.8) is 0 Å². The molecule has 0 saturated carbocycles. The molecule has 0 spiro atoms. The van der Waals surface area contributed by atoms with Gasteiger partial charge >= 0.3 is 6.03 Å². The standard InChI is InChI=1S/C22H20ClN3O6/c1-3-8-25-21(27)18(24-22(25)28)11-15-10-17(23)20(19(12-15)31-4-2)32-13-14-6-5-7-16(9-14)26(29)30/h3,5-7,9-12H,1,4,8,13H2,2H3,(H,24,28)/b18-11+. The molecule has 0 bridgehead atoms. The molecule has 32 heavy (non-hydrogen) atoms. The maximum Gasteiger partial charge on any atom is 0.329 e. The summed E-state index contributed by atoms with van der Waals surface area (Å²) in [5.74, 6) is 0.115. The van der Waals surface area contributed by atoms with Gasteiger partial charge in [-0.3, -0.25) is 19.8 Å². The van der Waals surface area contributed by atoms with Crippen molar-refractivity contribution in [2.24, 2.45) is 0 Å². The van der Waals surface area contributed by atoms with Crippen LogP contribution in [0, 0.1) is 10.1 Å². The number of carbonyl (C=O) groups excluding carboxylic acids is 2. The number of nitrogens with one attached hydrogen (secondary N) is 1. The smallest absolute Gasteiger partial charge is 0.329 e. The lowest BCUT2D eigenvalue weighted by Crippen LogP contribution is -2.30. The summed E-state index contributed by atoms with van der Waals surface area (Å²) in [6.45, 7) is 5.78. The maximum atomic E-state index is 12.4. The SMILES string of the molecule is C=CCN1C(=O)N/C(=C/c2cc(Cl)c(OCc3cccc([N+](=O)[O-])c3)c(OCC)c2)C1=O. The van der Waals surface area contributed by atoms with Crippen LogP contribution in [0.4, 0.5) is 10.5 Å². The lowest BCUT2D eigenvalue weighted by Gasteiger charge is -2.15. The first-order valence-corrected chi connectivity index (χ1v) is 9.99. The van der Waals surface area contributed by atoms with Crippen LogP contribution in [-0.4, -0.2) is 34.9 Å². The molecule has 1 N–H and O–H groups in total. The van der Waals surface area contributed by atoms with Crippen molar-refractivity contribution in [2.75, 3.05) is 13.2 Å². The molecule has 3 rings (SSSR count). The van der Waals surface area contributed by atoms with E-state index in [1.54, 1.807) is 31.2 Å². The van der Waals surface area contributed by atoms with Crippen LogP contribution in [0.1, 0.15) is 18.1 Å². The summed E-state index contributed by atoms with van der Waals surface area (Å²) in [6, 6.07) is 8.73. The van der Waals surface area contributed by atoms with Crippen LogP contribution in [0.15, 0.2) is 54.8 Å². The first-order valence-electron chi connectivity index (χ1n) is 9.62. The van der Waals surface area contributed by atoms with E-state index >= 15 is 0 Å². The number of ether oxygens (including phenoxy) is 2. The molecule has 1 aliphatic rings. The molecule has 0 atom stereocenters. The topological polar surface area (TPSA) is 111 Å². The molecule has 0 aliphatic carbocycles. The van der Waals surface area contributed by atoms with Crippen LogP contribution in [-0.2, 0) is 11.4 Å². The van der Waals surface area contributed by atoms with Crippen LogP contribution < -0.4 is 14.8 Å². The summed E-state index contributed by atoms with van der Waals surface area (Å²) in [5.41, 5.74) is 1.16.